The fourth-order valence-electron chi connectivity index (χ4n) is 7.63. The van der Waals surface area contributed by atoms with E-state index in [-0.39, 0.29) is 30.5 Å². The molecule has 3 saturated carbocycles. The van der Waals surface area contributed by atoms with Crippen molar-refractivity contribution in [1.29, 1.82) is 0 Å². The second kappa shape index (κ2) is 5.97. The summed E-state index contributed by atoms with van der Waals surface area (Å²) in [7, 11) is 0. The van der Waals surface area contributed by atoms with Crippen molar-refractivity contribution < 1.29 is 29.0 Å². The van der Waals surface area contributed by atoms with Gasteiger partial charge in [0, 0.05) is 23.7 Å². The number of hydrogen-bond acceptors (Lipinski definition) is 4. The molecule has 154 valence electrons. The summed E-state index contributed by atoms with van der Waals surface area (Å²) in [6.45, 7) is 5.58. The number of aliphatic hydroxyl groups is 1. The summed E-state index contributed by atoms with van der Waals surface area (Å²) in [6.07, 6.45) is 2.77. The van der Waals surface area contributed by atoms with Gasteiger partial charge < -0.3 is 10.2 Å². The number of rotatable bonds is 2. The number of carboxylic acid groups (broad SMARTS) is 1. The maximum atomic E-state index is 16.9. The van der Waals surface area contributed by atoms with E-state index in [1.165, 1.54) is 0 Å². The molecule has 3 fully saturated rings. The molecule has 6 heteroatoms. The van der Waals surface area contributed by atoms with Crippen LogP contribution < -0.4 is 0 Å². The number of carbonyl (C=O) groups is 3. The molecule has 28 heavy (non-hydrogen) atoms. The Labute approximate surface area is 164 Å². The smallest absolute Gasteiger partial charge is 0.372 e. The molecule has 0 aliphatic heterocycles. The van der Waals surface area contributed by atoms with E-state index in [1.54, 1.807) is 6.08 Å². The molecule has 0 radical (unpaired) electrons. The van der Waals surface area contributed by atoms with E-state index >= 15 is 4.39 Å². The third kappa shape index (κ3) is 2.24. The molecular weight excluding hydrogens is 363 g/mol. The zero-order valence-corrected chi connectivity index (χ0v) is 16.7. The Morgan fingerprint density at radius 2 is 1.89 bits per heavy atom. The van der Waals surface area contributed by atoms with Gasteiger partial charge in [-0.25, -0.2) is 9.18 Å². The third-order valence-corrected chi connectivity index (χ3v) is 8.87. The van der Waals surface area contributed by atoms with Gasteiger partial charge in [0.05, 0.1) is 6.10 Å². The summed E-state index contributed by atoms with van der Waals surface area (Å²) in [5.74, 6) is -3.70. The van der Waals surface area contributed by atoms with Gasteiger partial charge >= 0.3 is 5.97 Å². The maximum absolute atomic E-state index is 16.9. The quantitative estimate of drug-likeness (QED) is 0.705. The molecule has 0 aromatic heterocycles. The van der Waals surface area contributed by atoms with E-state index in [0.717, 1.165) is 5.57 Å². The molecule has 4 rings (SSSR count). The zero-order chi connectivity index (χ0) is 20.6. The van der Waals surface area contributed by atoms with E-state index < -0.39 is 46.2 Å². The van der Waals surface area contributed by atoms with Crippen molar-refractivity contribution in [2.24, 2.45) is 34.5 Å². The molecule has 0 saturated heterocycles. The maximum Gasteiger partial charge on any atom is 0.372 e. The number of fused-ring (bicyclic) bond motifs is 5. The van der Waals surface area contributed by atoms with Crippen LogP contribution in [-0.2, 0) is 14.4 Å². The second-order valence-electron chi connectivity index (χ2n) is 10.1. The number of aliphatic hydroxyl groups excluding tert-OH is 1. The highest BCUT2D eigenvalue weighted by molar-refractivity contribution is 6.33. The molecule has 0 spiro atoms. The van der Waals surface area contributed by atoms with Crippen molar-refractivity contribution in [3.8, 4) is 0 Å². The number of ketones is 2. The van der Waals surface area contributed by atoms with Gasteiger partial charge in [-0.05, 0) is 55.4 Å². The lowest BCUT2D eigenvalue weighted by molar-refractivity contribution is -0.209. The lowest BCUT2D eigenvalue weighted by Crippen LogP contribution is -2.67. The van der Waals surface area contributed by atoms with Gasteiger partial charge in [-0.3, -0.25) is 9.59 Å². The number of hydrogen-bond donors (Lipinski definition) is 2. The van der Waals surface area contributed by atoms with Crippen LogP contribution in [-0.4, -0.2) is 39.5 Å². The number of halogens is 1. The van der Waals surface area contributed by atoms with Crippen molar-refractivity contribution >= 4 is 17.5 Å². The summed E-state index contributed by atoms with van der Waals surface area (Å²) in [5.41, 5.74) is -2.67. The van der Waals surface area contributed by atoms with Crippen LogP contribution in [0.5, 0.6) is 0 Å². The third-order valence-electron chi connectivity index (χ3n) is 8.87. The number of alkyl halides is 1. The van der Waals surface area contributed by atoms with Crippen LogP contribution in [0.3, 0.4) is 0 Å². The van der Waals surface area contributed by atoms with E-state index in [2.05, 4.69) is 0 Å². The van der Waals surface area contributed by atoms with Crippen molar-refractivity contribution in [3.05, 3.63) is 11.6 Å². The zero-order valence-electron chi connectivity index (χ0n) is 16.7. The minimum atomic E-state index is -1.86. The molecule has 8 atom stereocenters. The monoisotopic (exact) mass is 392 g/mol. The number of allylic oxidation sites excluding steroid dienone is 1. The van der Waals surface area contributed by atoms with Crippen LogP contribution in [0.2, 0.25) is 0 Å². The summed E-state index contributed by atoms with van der Waals surface area (Å²) < 4.78 is 16.9. The van der Waals surface area contributed by atoms with Crippen molar-refractivity contribution in [2.45, 2.75) is 71.1 Å². The fourth-order valence-corrected chi connectivity index (χ4v) is 7.63. The summed E-state index contributed by atoms with van der Waals surface area (Å²) in [6, 6.07) is 0. The molecule has 0 bridgehead atoms. The number of carboxylic acids is 1. The van der Waals surface area contributed by atoms with Gasteiger partial charge in [0.15, 0.2) is 5.78 Å². The van der Waals surface area contributed by atoms with Crippen LogP contribution in [0, 0.1) is 34.5 Å². The first-order valence-electron chi connectivity index (χ1n) is 10.3. The van der Waals surface area contributed by atoms with Gasteiger partial charge in [-0.2, -0.15) is 0 Å². The summed E-state index contributed by atoms with van der Waals surface area (Å²) >= 11 is 0. The average molecular weight is 392 g/mol. The molecule has 0 amide bonds. The molecular formula is C22H29FO5. The van der Waals surface area contributed by atoms with Crippen LogP contribution in [0.25, 0.3) is 0 Å². The molecule has 5 nitrogen and oxygen atoms in total. The van der Waals surface area contributed by atoms with Crippen molar-refractivity contribution in [2.75, 3.05) is 0 Å². The van der Waals surface area contributed by atoms with Crippen LogP contribution in [0.4, 0.5) is 4.39 Å². The highest BCUT2D eigenvalue weighted by Crippen LogP contribution is 2.70. The minimum Gasteiger partial charge on any atom is -0.475 e. The number of carbonyl (C=O) groups excluding carboxylic acids is 2. The molecule has 0 aromatic rings. The predicted octanol–water partition coefficient (Wildman–Crippen LogP) is 3.10. The first kappa shape index (κ1) is 19.7. The molecule has 4 aliphatic carbocycles. The van der Waals surface area contributed by atoms with Crippen LogP contribution in [0.15, 0.2) is 11.6 Å². The van der Waals surface area contributed by atoms with Gasteiger partial charge in [-0.1, -0.05) is 26.3 Å². The normalized spacial score (nSPS) is 50.2. The van der Waals surface area contributed by atoms with E-state index in [4.69, 9.17) is 0 Å². The van der Waals surface area contributed by atoms with Crippen molar-refractivity contribution in [1.82, 2.24) is 0 Å². The lowest BCUT2D eigenvalue weighted by Gasteiger charge is -2.62. The van der Waals surface area contributed by atoms with E-state index in [9.17, 15) is 24.6 Å². The standard InChI is InChI=1S/C22H29FO5/c1-11-8-15-14-5-4-12-9-13(24)6-7-21(12,3)22(14,23)16(25)10-20(15,2)17(11)18(26)19(27)28/h9,11,14-17,25H,4-8,10H2,1-3H3,(H,27,28)/t11?,14-,15-,16?,17+,20-,21-,22-/m0/s1. The van der Waals surface area contributed by atoms with Crippen LogP contribution >= 0.6 is 0 Å². The highest BCUT2D eigenvalue weighted by Gasteiger charge is 2.72. The Balaban J connectivity index is 1.79. The summed E-state index contributed by atoms with van der Waals surface area (Å²) in [5, 5.41) is 20.4. The highest BCUT2D eigenvalue weighted by atomic mass is 19.1. The van der Waals surface area contributed by atoms with Gasteiger partial charge in [0.25, 0.3) is 0 Å². The first-order chi connectivity index (χ1) is 13.0. The van der Waals surface area contributed by atoms with Crippen molar-refractivity contribution in [3.63, 3.8) is 0 Å². The Bertz CT molecular complexity index is 790. The molecule has 0 heterocycles. The lowest BCUT2D eigenvalue weighted by atomic mass is 9.44. The molecule has 2 unspecified atom stereocenters. The van der Waals surface area contributed by atoms with Gasteiger partial charge in [0.2, 0.25) is 5.78 Å². The Kier molecular flexibility index (Phi) is 4.21. The molecule has 4 aliphatic rings. The van der Waals surface area contributed by atoms with Gasteiger partial charge in [0.1, 0.15) is 5.67 Å². The molecule has 0 aromatic carbocycles. The van der Waals surface area contributed by atoms with E-state index in [0.29, 0.717) is 25.7 Å². The average Bonchev–Trinajstić information content (AvgIpc) is 2.86. The Hall–Kier alpha value is -1.56. The summed E-state index contributed by atoms with van der Waals surface area (Å²) in [4.78, 5) is 35.8. The first-order valence-corrected chi connectivity index (χ1v) is 10.3. The second-order valence-corrected chi connectivity index (χ2v) is 10.1. The fraction of sp³-hybridized carbons (Fsp3) is 0.773. The number of aliphatic carboxylic acids is 1. The van der Waals surface area contributed by atoms with E-state index in [1.807, 2.05) is 20.8 Å². The Morgan fingerprint density at radius 1 is 1.21 bits per heavy atom. The SMILES string of the molecule is CC1C[C@H]2[C@@H]3CCC4=CC(=O)CC[C@]4(C)[C@@]3(F)C(O)C[C@]2(C)[C@H]1C(=O)C(=O)O. The predicted molar refractivity (Wildman–Crippen MR) is 99.1 cm³/mol. The van der Waals surface area contributed by atoms with Gasteiger partial charge in [-0.15, -0.1) is 0 Å². The Morgan fingerprint density at radius 3 is 2.54 bits per heavy atom. The molecule has 2 N–H and O–H groups in total. The minimum absolute atomic E-state index is 0.0197. The topological polar surface area (TPSA) is 91.7 Å². The largest absolute Gasteiger partial charge is 0.475 e. The number of Topliss-reactive ketones (excluding diaryl/α,β-unsaturated/α-hetero) is 1. The van der Waals surface area contributed by atoms with Crippen LogP contribution in [0.1, 0.15) is 59.3 Å².